The number of hydrogen-bond acceptors (Lipinski definition) is 5. The van der Waals surface area contributed by atoms with Crippen LogP contribution in [0.3, 0.4) is 0 Å². The lowest BCUT2D eigenvalue weighted by Gasteiger charge is -2.14. The summed E-state index contributed by atoms with van der Waals surface area (Å²) in [6, 6.07) is 3.89. The van der Waals surface area contributed by atoms with E-state index in [1.165, 1.54) is 0 Å². The van der Waals surface area contributed by atoms with Crippen LogP contribution < -0.4 is 10.2 Å². The molecule has 0 aromatic carbocycles. The number of anilines is 2. The first-order chi connectivity index (χ1) is 8.56. The van der Waals surface area contributed by atoms with Crippen molar-refractivity contribution in [1.29, 1.82) is 0 Å². The standard InChI is InChI=1S/C13H18N4O/c1-9-7-14-13(16-12(9)17(3)4)15-8-11-6-5-10(2)18-11/h5-7H,8H2,1-4H3,(H,14,15,16). The van der Waals surface area contributed by atoms with Crippen molar-refractivity contribution in [2.75, 3.05) is 24.3 Å². The molecule has 0 atom stereocenters. The lowest BCUT2D eigenvalue weighted by molar-refractivity contribution is 0.490. The van der Waals surface area contributed by atoms with Gasteiger partial charge in [0, 0.05) is 25.9 Å². The maximum absolute atomic E-state index is 5.48. The Morgan fingerprint density at radius 1 is 1.28 bits per heavy atom. The Kier molecular flexibility index (Phi) is 3.50. The van der Waals surface area contributed by atoms with Gasteiger partial charge in [-0.15, -0.1) is 0 Å². The Morgan fingerprint density at radius 2 is 2.06 bits per heavy atom. The summed E-state index contributed by atoms with van der Waals surface area (Å²) in [5.74, 6) is 3.31. The molecule has 0 saturated heterocycles. The Bertz CT molecular complexity index is 534. The molecule has 0 aliphatic carbocycles. The number of aromatic nitrogens is 2. The van der Waals surface area contributed by atoms with Gasteiger partial charge in [-0.2, -0.15) is 4.98 Å². The van der Waals surface area contributed by atoms with Crippen molar-refractivity contribution in [2.45, 2.75) is 20.4 Å². The third-order valence-electron chi connectivity index (χ3n) is 2.59. The number of furan rings is 1. The fourth-order valence-corrected chi connectivity index (χ4v) is 1.72. The fraction of sp³-hybridized carbons (Fsp3) is 0.385. The fourth-order valence-electron chi connectivity index (χ4n) is 1.72. The van der Waals surface area contributed by atoms with Crippen molar-refractivity contribution in [3.05, 3.63) is 35.4 Å². The van der Waals surface area contributed by atoms with Gasteiger partial charge >= 0.3 is 0 Å². The second-order valence-corrected chi connectivity index (χ2v) is 4.46. The van der Waals surface area contributed by atoms with Gasteiger partial charge in [-0.25, -0.2) is 4.98 Å². The lowest BCUT2D eigenvalue weighted by atomic mass is 10.3. The van der Waals surface area contributed by atoms with Crippen LogP contribution in [-0.4, -0.2) is 24.1 Å². The summed E-state index contributed by atoms with van der Waals surface area (Å²) in [7, 11) is 3.93. The lowest BCUT2D eigenvalue weighted by Crippen LogP contribution is -2.14. The summed E-state index contributed by atoms with van der Waals surface area (Å²) in [6.07, 6.45) is 1.82. The van der Waals surface area contributed by atoms with Gasteiger partial charge in [-0.1, -0.05) is 0 Å². The van der Waals surface area contributed by atoms with E-state index in [4.69, 9.17) is 4.42 Å². The van der Waals surface area contributed by atoms with Crippen LogP contribution in [0.1, 0.15) is 17.1 Å². The summed E-state index contributed by atoms with van der Waals surface area (Å²) in [5.41, 5.74) is 1.05. The molecule has 18 heavy (non-hydrogen) atoms. The Morgan fingerprint density at radius 3 is 2.67 bits per heavy atom. The van der Waals surface area contributed by atoms with Gasteiger partial charge in [0.2, 0.25) is 5.95 Å². The van der Waals surface area contributed by atoms with Crippen molar-refractivity contribution in [3.63, 3.8) is 0 Å². The Balaban J connectivity index is 2.08. The molecule has 2 aromatic heterocycles. The number of nitrogens with zero attached hydrogens (tertiary/aromatic N) is 3. The van der Waals surface area contributed by atoms with E-state index in [1.54, 1.807) is 0 Å². The van der Waals surface area contributed by atoms with Gasteiger partial charge in [0.05, 0.1) is 6.54 Å². The molecule has 96 valence electrons. The van der Waals surface area contributed by atoms with E-state index in [-0.39, 0.29) is 0 Å². The average molecular weight is 246 g/mol. The molecule has 2 rings (SSSR count). The molecule has 0 aliphatic heterocycles. The summed E-state index contributed by atoms with van der Waals surface area (Å²) in [4.78, 5) is 10.7. The summed E-state index contributed by atoms with van der Waals surface area (Å²) >= 11 is 0. The van der Waals surface area contributed by atoms with Crippen LogP contribution in [-0.2, 0) is 6.54 Å². The molecular formula is C13H18N4O. The zero-order chi connectivity index (χ0) is 13.1. The quantitative estimate of drug-likeness (QED) is 0.897. The molecule has 0 radical (unpaired) electrons. The topological polar surface area (TPSA) is 54.2 Å². The molecule has 0 amide bonds. The first-order valence-corrected chi connectivity index (χ1v) is 5.86. The van der Waals surface area contributed by atoms with Gasteiger partial charge in [-0.3, -0.25) is 0 Å². The zero-order valence-electron chi connectivity index (χ0n) is 11.2. The molecule has 0 saturated carbocycles. The van der Waals surface area contributed by atoms with Gasteiger partial charge in [0.25, 0.3) is 0 Å². The molecular weight excluding hydrogens is 228 g/mol. The van der Waals surface area contributed by atoms with Crippen LogP contribution in [0.2, 0.25) is 0 Å². The molecule has 5 heteroatoms. The normalized spacial score (nSPS) is 10.4. The highest BCUT2D eigenvalue weighted by molar-refractivity contribution is 5.47. The van der Waals surface area contributed by atoms with Crippen LogP contribution in [0.25, 0.3) is 0 Å². The Hall–Kier alpha value is -2.04. The summed E-state index contributed by atoms with van der Waals surface area (Å²) < 4.78 is 5.48. The van der Waals surface area contributed by atoms with E-state index in [9.17, 15) is 0 Å². The van der Waals surface area contributed by atoms with E-state index in [1.807, 2.05) is 51.2 Å². The first kappa shape index (κ1) is 12.4. The minimum absolute atomic E-state index is 0.587. The van der Waals surface area contributed by atoms with E-state index in [2.05, 4.69) is 15.3 Å². The molecule has 2 aromatic rings. The van der Waals surface area contributed by atoms with E-state index >= 15 is 0 Å². The predicted molar refractivity (Wildman–Crippen MR) is 71.9 cm³/mol. The van der Waals surface area contributed by atoms with Gasteiger partial charge in [0.15, 0.2) is 0 Å². The SMILES string of the molecule is Cc1ccc(CNc2ncc(C)c(N(C)C)n2)o1. The predicted octanol–water partition coefficient (Wildman–Crippen LogP) is 2.36. The number of hydrogen-bond donors (Lipinski definition) is 1. The smallest absolute Gasteiger partial charge is 0.224 e. The van der Waals surface area contributed by atoms with E-state index in [0.717, 1.165) is 22.9 Å². The van der Waals surface area contributed by atoms with Crippen molar-refractivity contribution >= 4 is 11.8 Å². The van der Waals surface area contributed by atoms with Gasteiger partial charge in [0.1, 0.15) is 17.3 Å². The van der Waals surface area contributed by atoms with E-state index < -0.39 is 0 Å². The second kappa shape index (κ2) is 5.08. The van der Waals surface area contributed by atoms with Gasteiger partial charge < -0.3 is 14.6 Å². The highest BCUT2D eigenvalue weighted by Crippen LogP contribution is 2.16. The first-order valence-electron chi connectivity index (χ1n) is 5.86. The molecule has 0 aliphatic rings. The molecule has 0 unspecified atom stereocenters. The summed E-state index contributed by atoms with van der Waals surface area (Å²) in [6.45, 7) is 4.51. The van der Waals surface area contributed by atoms with Crippen molar-refractivity contribution in [3.8, 4) is 0 Å². The number of aryl methyl sites for hydroxylation is 2. The van der Waals surface area contributed by atoms with Crippen LogP contribution >= 0.6 is 0 Å². The molecule has 0 spiro atoms. The minimum Gasteiger partial charge on any atom is -0.465 e. The molecule has 0 bridgehead atoms. The molecule has 5 nitrogen and oxygen atoms in total. The van der Waals surface area contributed by atoms with Crippen LogP contribution in [0.4, 0.5) is 11.8 Å². The van der Waals surface area contributed by atoms with Crippen LogP contribution in [0, 0.1) is 13.8 Å². The monoisotopic (exact) mass is 246 g/mol. The van der Waals surface area contributed by atoms with E-state index in [0.29, 0.717) is 12.5 Å². The second-order valence-electron chi connectivity index (χ2n) is 4.46. The third-order valence-corrected chi connectivity index (χ3v) is 2.59. The van der Waals surface area contributed by atoms with Crippen molar-refractivity contribution in [1.82, 2.24) is 9.97 Å². The van der Waals surface area contributed by atoms with Gasteiger partial charge in [-0.05, 0) is 26.0 Å². The number of rotatable bonds is 4. The highest BCUT2D eigenvalue weighted by Gasteiger charge is 2.06. The maximum atomic E-state index is 5.48. The molecule has 2 heterocycles. The maximum Gasteiger partial charge on any atom is 0.224 e. The van der Waals surface area contributed by atoms with Crippen LogP contribution in [0.5, 0.6) is 0 Å². The average Bonchev–Trinajstić information content (AvgIpc) is 2.74. The molecule has 0 fully saturated rings. The third kappa shape index (κ3) is 2.80. The summed E-state index contributed by atoms with van der Waals surface area (Å²) in [5, 5.41) is 3.15. The zero-order valence-corrected chi connectivity index (χ0v) is 11.2. The van der Waals surface area contributed by atoms with Crippen LogP contribution in [0.15, 0.2) is 22.7 Å². The van der Waals surface area contributed by atoms with Crippen molar-refractivity contribution < 1.29 is 4.42 Å². The largest absolute Gasteiger partial charge is 0.465 e. The molecule has 1 N–H and O–H groups in total. The highest BCUT2D eigenvalue weighted by atomic mass is 16.3. The minimum atomic E-state index is 0.587. The Labute approximate surface area is 107 Å². The van der Waals surface area contributed by atoms with Crippen molar-refractivity contribution in [2.24, 2.45) is 0 Å². The number of nitrogens with one attached hydrogen (secondary N) is 1.